The number of nitrogens with one attached hydrogen (secondary N) is 1. The maximum atomic E-state index is 10.7. The van der Waals surface area contributed by atoms with Crippen molar-refractivity contribution >= 4 is 11.7 Å². The van der Waals surface area contributed by atoms with E-state index >= 15 is 0 Å². The smallest absolute Gasteiger partial charge is 0.332 e. The van der Waals surface area contributed by atoms with E-state index in [4.69, 9.17) is 5.73 Å². The highest BCUT2D eigenvalue weighted by Crippen LogP contribution is 2.60. The first-order valence-electron chi connectivity index (χ1n) is 11.0. The molecule has 158 valence electrons. The van der Waals surface area contributed by atoms with Gasteiger partial charge in [-0.15, -0.1) is 0 Å². The van der Waals surface area contributed by atoms with Crippen molar-refractivity contribution in [2.45, 2.75) is 92.9 Å². The number of carbonyl (C=O) groups is 1. The molecule has 2 amide bonds. The van der Waals surface area contributed by atoms with E-state index in [1.54, 1.807) is 5.57 Å². The lowest BCUT2D eigenvalue weighted by Crippen LogP contribution is -2.48. The number of urea groups is 1. The van der Waals surface area contributed by atoms with Crippen LogP contribution in [0.2, 0.25) is 0 Å². The molecule has 2 aliphatic carbocycles. The van der Waals surface area contributed by atoms with Crippen LogP contribution >= 0.6 is 0 Å². The molecule has 1 fully saturated rings. The van der Waals surface area contributed by atoms with E-state index in [0.29, 0.717) is 16.7 Å². The summed E-state index contributed by atoms with van der Waals surface area (Å²) in [7, 11) is 0. The van der Waals surface area contributed by atoms with E-state index in [1.165, 1.54) is 37.7 Å². The summed E-state index contributed by atoms with van der Waals surface area (Å²) in [5.41, 5.74) is 12.2. The van der Waals surface area contributed by atoms with Gasteiger partial charge in [0, 0.05) is 5.71 Å². The van der Waals surface area contributed by atoms with E-state index in [0.717, 1.165) is 30.9 Å². The Kier molecular flexibility index (Phi) is 7.52. The molecule has 0 aliphatic heterocycles. The first kappa shape index (κ1) is 22.7. The molecule has 0 spiro atoms. The number of nitrogens with two attached hydrogens (primary N) is 1. The minimum absolute atomic E-state index is 0.449. The van der Waals surface area contributed by atoms with Crippen LogP contribution in [0.3, 0.4) is 0 Å². The highest BCUT2D eigenvalue weighted by molar-refractivity contribution is 5.83. The van der Waals surface area contributed by atoms with Crippen LogP contribution in [0.4, 0.5) is 4.79 Å². The average Bonchev–Trinajstić information content (AvgIpc) is 2.58. The summed E-state index contributed by atoms with van der Waals surface area (Å²) in [6.07, 6.45) is 14.5. The van der Waals surface area contributed by atoms with Crippen molar-refractivity contribution < 1.29 is 4.79 Å². The van der Waals surface area contributed by atoms with Gasteiger partial charge in [0.05, 0.1) is 0 Å². The van der Waals surface area contributed by atoms with Gasteiger partial charge in [0.1, 0.15) is 0 Å². The summed E-state index contributed by atoms with van der Waals surface area (Å²) < 4.78 is 0. The number of rotatable bonds is 7. The van der Waals surface area contributed by atoms with Gasteiger partial charge in [0.15, 0.2) is 0 Å². The molecule has 0 heterocycles. The van der Waals surface area contributed by atoms with Gasteiger partial charge in [0.25, 0.3) is 0 Å². The number of nitrogens with zero attached hydrogens (tertiary/aromatic N) is 1. The largest absolute Gasteiger partial charge is 0.350 e. The topological polar surface area (TPSA) is 67.5 Å². The summed E-state index contributed by atoms with van der Waals surface area (Å²) in [6, 6.07) is -0.611. The van der Waals surface area contributed by atoms with Crippen LogP contribution in [0.15, 0.2) is 28.4 Å². The molecule has 2 aliphatic rings. The monoisotopic (exact) mass is 387 g/mol. The van der Waals surface area contributed by atoms with Crippen LogP contribution in [0.25, 0.3) is 0 Å². The van der Waals surface area contributed by atoms with Gasteiger partial charge in [-0.2, -0.15) is 5.10 Å². The molecule has 0 unspecified atom stereocenters. The highest BCUT2D eigenvalue weighted by Gasteiger charge is 2.51. The Morgan fingerprint density at radius 3 is 2.68 bits per heavy atom. The van der Waals surface area contributed by atoms with Crippen molar-refractivity contribution in [2.24, 2.45) is 33.5 Å². The zero-order chi connectivity index (χ0) is 20.9. The van der Waals surface area contributed by atoms with Crippen molar-refractivity contribution in [3.63, 3.8) is 0 Å². The minimum Gasteiger partial charge on any atom is -0.350 e. The van der Waals surface area contributed by atoms with Crippen molar-refractivity contribution in [3.05, 3.63) is 23.3 Å². The molecule has 3 atom stereocenters. The Morgan fingerprint density at radius 2 is 2.00 bits per heavy atom. The van der Waals surface area contributed by atoms with Crippen LogP contribution in [0.1, 0.15) is 92.9 Å². The van der Waals surface area contributed by atoms with Crippen molar-refractivity contribution in [2.75, 3.05) is 0 Å². The number of allylic oxidation sites excluding steroid dienone is 4. The second-order valence-corrected chi connectivity index (χ2v) is 10.1. The third-order valence-corrected chi connectivity index (χ3v) is 7.48. The van der Waals surface area contributed by atoms with E-state index in [-0.39, 0.29) is 0 Å². The summed E-state index contributed by atoms with van der Waals surface area (Å²) in [6.45, 7) is 14.1. The predicted molar refractivity (Wildman–Crippen MR) is 119 cm³/mol. The van der Waals surface area contributed by atoms with Crippen molar-refractivity contribution in [1.82, 2.24) is 5.43 Å². The first-order chi connectivity index (χ1) is 13.1. The van der Waals surface area contributed by atoms with E-state index in [1.807, 2.05) is 6.92 Å². The number of hydrogen-bond acceptors (Lipinski definition) is 2. The predicted octanol–water partition coefficient (Wildman–Crippen LogP) is 6.34. The second kappa shape index (κ2) is 9.28. The Hall–Kier alpha value is -1.58. The maximum Gasteiger partial charge on any atom is 0.332 e. The number of fused-ring (bicyclic) bond motifs is 1. The molecule has 0 saturated heterocycles. The standard InChI is InChI=1S/C24H41N3O/c1-17(9-7-10-19(3)26-27-22(25)28)11-13-20-18(2)12-14-21-23(4,5)15-8-16-24(20,21)6/h9,12,20-21H,7-8,10-11,13-16H2,1-6H3,(H3,25,27,28)/b17-9+,26-19-/t20-,21-,24+/m1/s1. The van der Waals surface area contributed by atoms with Gasteiger partial charge >= 0.3 is 6.03 Å². The number of amides is 2. The van der Waals surface area contributed by atoms with Gasteiger partial charge < -0.3 is 5.73 Å². The fraction of sp³-hybridized carbons (Fsp3) is 0.750. The summed E-state index contributed by atoms with van der Waals surface area (Å²) in [5, 5.41) is 3.97. The molecular weight excluding hydrogens is 346 g/mol. The van der Waals surface area contributed by atoms with Gasteiger partial charge in [-0.25, -0.2) is 10.2 Å². The van der Waals surface area contributed by atoms with Crippen LogP contribution < -0.4 is 11.2 Å². The molecule has 4 nitrogen and oxygen atoms in total. The van der Waals surface area contributed by atoms with E-state index in [2.05, 4.69) is 57.3 Å². The van der Waals surface area contributed by atoms with Crippen LogP contribution in [-0.4, -0.2) is 11.7 Å². The van der Waals surface area contributed by atoms with Crippen molar-refractivity contribution in [3.8, 4) is 0 Å². The summed E-state index contributed by atoms with van der Waals surface area (Å²) in [5.74, 6) is 1.51. The zero-order valence-corrected chi connectivity index (χ0v) is 18.9. The third-order valence-electron chi connectivity index (χ3n) is 7.48. The fourth-order valence-electron chi connectivity index (χ4n) is 5.90. The summed E-state index contributed by atoms with van der Waals surface area (Å²) in [4.78, 5) is 10.7. The highest BCUT2D eigenvalue weighted by atomic mass is 16.2. The molecule has 3 N–H and O–H groups in total. The molecule has 0 aromatic carbocycles. The molecule has 4 heteroatoms. The Labute approximate surface area is 172 Å². The molecule has 0 aromatic rings. The van der Waals surface area contributed by atoms with Crippen LogP contribution in [0.5, 0.6) is 0 Å². The normalized spacial score (nSPS) is 30.4. The first-order valence-corrected chi connectivity index (χ1v) is 11.0. The van der Waals surface area contributed by atoms with Gasteiger partial charge in [-0.1, -0.05) is 50.5 Å². The Balaban J connectivity index is 1.95. The molecule has 2 rings (SSSR count). The fourth-order valence-corrected chi connectivity index (χ4v) is 5.90. The van der Waals surface area contributed by atoms with Crippen molar-refractivity contribution in [1.29, 1.82) is 0 Å². The van der Waals surface area contributed by atoms with Crippen LogP contribution in [-0.2, 0) is 0 Å². The maximum absolute atomic E-state index is 10.7. The number of carbonyl (C=O) groups excluding carboxylic acids is 1. The SMILES string of the molecule is CC1=CC[C@@H]2C(C)(C)CCC[C@@]2(C)[C@@H]1CC/C(C)=C/CC/C(C)=N\NC(N)=O. The number of primary amides is 1. The molecule has 0 aromatic heterocycles. The van der Waals surface area contributed by atoms with E-state index in [9.17, 15) is 4.79 Å². The second-order valence-electron chi connectivity index (χ2n) is 10.1. The molecular formula is C24H41N3O. The quantitative estimate of drug-likeness (QED) is 0.299. The van der Waals surface area contributed by atoms with Gasteiger partial charge in [0.2, 0.25) is 0 Å². The average molecular weight is 388 g/mol. The third kappa shape index (κ3) is 5.48. The molecule has 0 bridgehead atoms. The molecule has 0 radical (unpaired) electrons. The lowest BCUT2D eigenvalue weighted by molar-refractivity contribution is -0.0390. The number of hydrogen-bond donors (Lipinski definition) is 2. The summed E-state index contributed by atoms with van der Waals surface area (Å²) >= 11 is 0. The lowest BCUT2D eigenvalue weighted by Gasteiger charge is -2.57. The molecule has 28 heavy (non-hydrogen) atoms. The Morgan fingerprint density at radius 1 is 1.29 bits per heavy atom. The lowest BCUT2D eigenvalue weighted by atomic mass is 9.48. The van der Waals surface area contributed by atoms with Gasteiger partial charge in [-0.05, 0) is 88.4 Å². The van der Waals surface area contributed by atoms with E-state index < -0.39 is 6.03 Å². The van der Waals surface area contributed by atoms with Gasteiger partial charge in [-0.3, -0.25) is 0 Å². The van der Waals surface area contributed by atoms with Crippen LogP contribution in [0, 0.1) is 22.7 Å². The Bertz CT molecular complexity index is 659. The molecule has 1 saturated carbocycles. The number of hydrazone groups is 1. The minimum atomic E-state index is -0.611. The zero-order valence-electron chi connectivity index (χ0n) is 18.9.